The quantitative estimate of drug-likeness (QED) is 0.201. The number of carbonyl (C=O) groups is 4. The van der Waals surface area contributed by atoms with E-state index in [0.717, 1.165) is 38.3 Å². The van der Waals surface area contributed by atoms with Gasteiger partial charge in [-0.05, 0) is 33.4 Å². The summed E-state index contributed by atoms with van der Waals surface area (Å²) in [6, 6.07) is 32.8. The van der Waals surface area contributed by atoms with Crippen LogP contribution >= 0.6 is 0 Å². The van der Waals surface area contributed by atoms with Gasteiger partial charge in [0.1, 0.15) is 6.54 Å². The predicted molar refractivity (Wildman–Crippen MR) is 147 cm³/mol. The van der Waals surface area contributed by atoms with E-state index in [-0.39, 0.29) is 29.4 Å². The highest BCUT2D eigenvalue weighted by molar-refractivity contribution is 6.09. The Labute approximate surface area is 231 Å². The van der Waals surface area contributed by atoms with Gasteiger partial charge in [-0.3, -0.25) is 24.1 Å². The van der Waals surface area contributed by atoms with Gasteiger partial charge in [0.15, 0.2) is 12.4 Å². The van der Waals surface area contributed by atoms with Gasteiger partial charge in [-0.15, -0.1) is 0 Å². The van der Waals surface area contributed by atoms with Crippen molar-refractivity contribution in [1.29, 1.82) is 0 Å². The molecule has 1 aliphatic heterocycles. The Hall–Kier alpha value is -4.84. The summed E-state index contributed by atoms with van der Waals surface area (Å²) in [6.45, 7) is -0.967. The minimum Gasteiger partial charge on any atom is -0.456 e. The number of ketones is 1. The Kier molecular flexibility index (Phi) is 5.70. The molecule has 2 atom stereocenters. The first-order chi connectivity index (χ1) is 19.5. The molecule has 1 fully saturated rings. The predicted octanol–water partition coefficient (Wildman–Crippen LogP) is 4.97. The van der Waals surface area contributed by atoms with Crippen molar-refractivity contribution in [3.63, 3.8) is 0 Å². The molecule has 8 rings (SSSR count). The topological polar surface area (TPSA) is 80.8 Å². The third-order valence-corrected chi connectivity index (χ3v) is 8.51. The van der Waals surface area contributed by atoms with Crippen LogP contribution in [-0.4, -0.2) is 41.6 Å². The molecular formula is C34H25NO5. The lowest BCUT2D eigenvalue weighted by atomic mass is 9.55. The summed E-state index contributed by atoms with van der Waals surface area (Å²) in [5.41, 5.74) is 6.71. The van der Waals surface area contributed by atoms with Gasteiger partial charge in [0.2, 0.25) is 11.8 Å². The number of benzene rings is 4. The summed E-state index contributed by atoms with van der Waals surface area (Å²) >= 11 is 0. The SMILES string of the molecule is O=C(CN1C(=O)[C@@H]2C3c4ccccc4C(c4ccccc43)[C@H]2C1=O)OCC(=O)c1ccc(-c2ccccc2)cc1. The molecule has 4 aliphatic rings. The van der Waals surface area contributed by atoms with Crippen LogP contribution in [-0.2, 0) is 19.1 Å². The molecule has 0 N–H and O–H groups in total. The fourth-order valence-corrected chi connectivity index (χ4v) is 6.78. The number of ether oxygens (including phenoxy) is 1. The van der Waals surface area contributed by atoms with E-state index in [9.17, 15) is 19.2 Å². The Balaban J connectivity index is 1.05. The lowest BCUT2D eigenvalue weighted by Crippen LogP contribution is -2.41. The van der Waals surface area contributed by atoms with E-state index in [1.54, 1.807) is 12.1 Å². The van der Waals surface area contributed by atoms with E-state index in [1.807, 2.05) is 91.0 Å². The van der Waals surface area contributed by atoms with Crippen molar-refractivity contribution in [3.8, 4) is 11.1 Å². The van der Waals surface area contributed by atoms with Crippen LogP contribution in [0.15, 0.2) is 103 Å². The molecule has 6 nitrogen and oxygen atoms in total. The largest absolute Gasteiger partial charge is 0.456 e. The number of likely N-dealkylation sites (tertiary alicyclic amines) is 1. The lowest BCUT2D eigenvalue weighted by Gasteiger charge is -2.45. The molecule has 2 amide bonds. The van der Waals surface area contributed by atoms with Gasteiger partial charge in [0.05, 0.1) is 11.8 Å². The van der Waals surface area contributed by atoms with E-state index < -0.39 is 31.0 Å². The summed E-state index contributed by atoms with van der Waals surface area (Å²) in [6.07, 6.45) is 0. The van der Waals surface area contributed by atoms with E-state index in [1.165, 1.54) is 0 Å². The zero-order valence-corrected chi connectivity index (χ0v) is 21.5. The van der Waals surface area contributed by atoms with Crippen molar-refractivity contribution in [2.45, 2.75) is 11.8 Å². The van der Waals surface area contributed by atoms with Crippen LogP contribution in [0.4, 0.5) is 0 Å². The molecule has 2 bridgehead atoms. The number of esters is 1. The van der Waals surface area contributed by atoms with Gasteiger partial charge in [-0.2, -0.15) is 0 Å². The molecule has 4 aromatic carbocycles. The van der Waals surface area contributed by atoms with Gasteiger partial charge in [0, 0.05) is 17.4 Å². The molecule has 0 aromatic heterocycles. The number of carbonyl (C=O) groups excluding carboxylic acids is 4. The van der Waals surface area contributed by atoms with Crippen molar-refractivity contribution >= 4 is 23.6 Å². The highest BCUT2D eigenvalue weighted by Crippen LogP contribution is 2.60. The Bertz CT molecular complexity index is 1560. The van der Waals surface area contributed by atoms with E-state index in [0.29, 0.717) is 5.56 Å². The molecule has 0 saturated carbocycles. The number of imide groups is 1. The average Bonchev–Trinajstić information content (AvgIpc) is 3.25. The molecule has 0 radical (unpaired) electrons. The fraction of sp³-hybridized carbons (Fsp3) is 0.176. The maximum Gasteiger partial charge on any atom is 0.326 e. The first-order valence-corrected chi connectivity index (χ1v) is 13.4. The lowest BCUT2D eigenvalue weighted by molar-refractivity contribution is -0.152. The second-order valence-electron chi connectivity index (χ2n) is 10.6. The standard InChI is InChI=1S/C34H25NO5/c36-27(22-16-14-21(15-17-22)20-8-2-1-3-9-20)19-40-28(37)18-35-33(38)31-29-23-10-4-5-11-24(23)30(32(31)34(35)39)26-13-7-6-12-25(26)29/h1-17,29-32H,18-19H2/t29?,30?,31-,32-/m1/s1. The molecular weight excluding hydrogens is 502 g/mol. The molecule has 3 aliphatic carbocycles. The first-order valence-electron chi connectivity index (χ1n) is 13.4. The van der Waals surface area contributed by atoms with Crippen molar-refractivity contribution in [3.05, 3.63) is 131 Å². The van der Waals surface area contributed by atoms with Crippen LogP contribution in [0.3, 0.4) is 0 Å². The average molecular weight is 528 g/mol. The molecule has 1 heterocycles. The van der Waals surface area contributed by atoms with Crippen LogP contribution < -0.4 is 0 Å². The van der Waals surface area contributed by atoms with Crippen LogP contribution in [0.25, 0.3) is 11.1 Å². The summed E-state index contributed by atoms with van der Waals surface area (Å²) in [5, 5.41) is 0. The van der Waals surface area contributed by atoms with Gasteiger partial charge >= 0.3 is 5.97 Å². The number of nitrogens with zero attached hydrogens (tertiary/aromatic N) is 1. The molecule has 4 aromatic rings. The Morgan fingerprint density at radius 3 is 1.55 bits per heavy atom. The van der Waals surface area contributed by atoms with Gasteiger partial charge in [-0.25, -0.2) is 0 Å². The maximum absolute atomic E-state index is 13.6. The molecule has 0 unspecified atom stereocenters. The van der Waals surface area contributed by atoms with Crippen molar-refractivity contribution < 1.29 is 23.9 Å². The van der Waals surface area contributed by atoms with Gasteiger partial charge < -0.3 is 4.74 Å². The molecule has 1 saturated heterocycles. The molecule has 0 spiro atoms. The summed E-state index contributed by atoms with van der Waals surface area (Å²) in [4.78, 5) is 53.8. The van der Waals surface area contributed by atoms with Crippen LogP contribution in [0, 0.1) is 11.8 Å². The minimum atomic E-state index is -0.781. The van der Waals surface area contributed by atoms with Crippen molar-refractivity contribution in [2.75, 3.05) is 13.2 Å². The highest BCUT2D eigenvalue weighted by Gasteiger charge is 2.61. The first kappa shape index (κ1) is 24.2. The zero-order chi connectivity index (χ0) is 27.4. The number of amides is 2. The second kappa shape index (κ2) is 9.42. The summed E-state index contributed by atoms with van der Waals surface area (Å²) in [5.74, 6) is -3.43. The highest BCUT2D eigenvalue weighted by atomic mass is 16.5. The smallest absolute Gasteiger partial charge is 0.326 e. The van der Waals surface area contributed by atoms with Gasteiger partial charge in [0.25, 0.3) is 0 Å². The number of hydrogen-bond donors (Lipinski definition) is 0. The summed E-state index contributed by atoms with van der Waals surface area (Å²) < 4.78 is 5.24. The Morgan fingerprint density at radius 2 is 1.05 bits per heavy atom. The van der Waals surface area contributed by atoms with E-state index >= 15 is 0 Å². The van der Waals surface area contributed by atoms with Crippen LogP contribution in [0.1, 0.15) is 44.4 Å². The Morgan fingerprint density at radius 1 is 0.600 bits per heavy atom. The van der Waals surface area contributed by atoms with Crippen LogP contribution in [0.5, 0.6) is 0 Å². The molecule has 6 heteroatoms. The second-order valence-corrected chi connectivity index (χ2v) is 10.6. The minimum absolute atomic E-state index is 0.236. The van der Waals surface area contributed by atoms with Crippen molar-refractivity contribution in [2.24, 2.45) is 11.8 Å². The molecule has 40 heavy (non-hydrogen) atoms. The normalized spacial score (nSPS) is 21.9. The third kappa shape index (κ3) is 3.71. The third-order valence-electron chi connectivity index (χ3n) is 8.51. The monoisotopic (exact) mass is 527 g/mol. The number of Topliss-reactive ketones (excluding diaryl/α,β-unsaturated/α-hetero) is 1. The van der Waals surface area contributed by atoms with Crippen molar-refractivity contribution in [1.82, 2.24) is 4.90 Å². The number of hydrogen-bond acceptors (Lipinski definition) is 5. The zero-order valence-electron chi connectivity index (χ0n) is 21.5. The fourth-order valence-electron chi connectivity index (χ4n) is 6.78. The van der Waals surface area contributed by atoms with Gasteiger partial charge in [-0.1, -0.05) is 103 Å². The van der Waals surface area contributed by atoms with E-state index in [2.05, 4.69) is 0 Å². The summed E-state index contributed by atoms with van der Waals surface area (Å²) in [7, 11) is 0. The van der Waals surface area contributed by atoms with E-state index in [4.69, 9.17) is 4.74 Å². The molecule has 196 valence electrons. The van der Waals surface area contributed by atoms with Crippen LogP contribution in [0.2, 0.25) is 0 Å². The number of rotatable bonds is 6. The maximum atomic E-state index is 13.6.